The fourth-order valence-electron chi connectivity index (χ4n) is 2.49. The number of hydrogen-bond donors (Lipinski definition) is 0. The summed E-state index contributed by atoms with van der Waals surface area (Å²) >= 11 is 11.9. The van der Waals surface area contributed by atoms with Gasteiger partial charge < -0.3 is 0 Å². The summed E-state index contributed by atoms with van der Waals surface area (Å²) in [5.41, 5.74) is 1.09. The molecule has 0 saturated carbocycles. The van der Waals surface area contributed by atoms with Crippen LogP contribution in [0.15, 0.2) is 36.7 Å². The molecule has 0 N–H and O–H groups in total. The fourth-order valence-corrected chi connectivity index (χ4v) is 2.83. The second-order valence-electron chi connectivity index (χ2n) is 5.06. The lowest BCUT2D eigenvalue weighted by Gasteiger charge is -2.15. The Balaban J connectivity index is 2.37. The molecule has 0 fully saturated rings. The van der Waals surface area contributed by atoms with Gasteiger partial charge in [-0.3, -0.25) is 4.98 Å². The highest BCUT2D eigenvalue weighted by molar-refractivity contribution is 6.34. The highest BCUT2D eigenvalue weighted by Crippen LogP contribution is 2.41. The Kier molecular flexibility index (Phi) is 4.47. The Morgan fingerprint density at radius 2 is 1.50 bits per heavy atom. The smallest absolute Gasteiger partial charge is 0.136 e. The molecule has 0 spiro atoms. The van der Waals surface area contributed by atoms with E-state index in [0.29, 0.717) is 29.0 Å². The van der Waals surface area contributed by atoms with E-state index in [-0.39, 0.29) is 15.7 Å². The number of benzene rings is 1. The van der Waals surface area contributed by atoms with Crippen LogP contribution in [0.25, 0.3) is 22.3 Å². The molecule has 0 aliphatic carbocycles. The third-order valence-electron chi connectivity index (χ3n) is 3.50. The average molecular weight is 369 g/mol. The molecule has 0 unspecified atom stereocenters. The van der Waals surface area contributed by atoms with Crippen molar-refractivity contribution in [3.05, 3.63) is 70.0 Å². The van der Waals surface area contributed by atoms with Crippen LogP contribution in [0.4, 0.5) is 13.2 Å². The van der Waals surface area contributed by atoms with Crippen molar-refractivity contribution in [3.8, 4) is 22.3 Å². The van der Waals surface area contributed by atoms with Gasteiger partial charge in [-0.2, -0.15) is 0 Å². The van der Waals surface area contributed by atoms with E-state index in [0.717, 1.165) is 0 Å². The van der Waals surface area contributed by atoms with E-state index in [1.165, 1.54) is 12.4 Å². The summed E-state index contributed by atoms with van der Waals surface area (Å²) in [7, 11) is 0. The topological polar surface area (TPSA) is 25.8 Å². The predicted molar refractivity (Wildman–Crippen MR) is 87.5 cm³/mol. The third-order valence-corrected chi connectivity index (χ3v) is 4.01. The lowest BCUT2D eigenvalue weighted by molar-refractivity contribution is 0.548. The summed E-state index contributed by atoms with van der Waals surface area (Å²) in [6, 6.07) is 4.39. The Morgan fingerprint density at radius 1 is 0.833 bits per heavy atom. The maximum atomic E-state index is 14.3. The first-order valence-corrected chi connectivity index (χ1v) is 7.56. The van der Waals surface area contributed by atoms with Crippen molar-refractivity contribution >= 4 is 23.2 Å². The Morgan fingerprint density at radius 3 is 2.08 bits per heavy atom. The Labute approximate surface area is 145 Å². The third kappa shape index (κ3) is 2.97. The van der Waals surface area contributed by atoms with Gasteiger partial charge in [0.25, 0.3) is 0 Å². The number of pyridine rings is 2. The van der Waals surface area contributed by atoms with Crippen LogP contribution >= 0.6 is 23.2 Å². The number of halogens is 5. The van der Waals surface area contributed by atoms with Gasteiger partial charge >= 0.3 is 0 Å². The quantitative estimate of drug-likeness (QED) is 0.530. The van der Waals surface area contributed by atoms with E-state index in [4.69, 9.17) is 23.2 Å². The number of rotatable bonds is 2. The van der Waals surface area contributed by atoms with Crippen LogP contribution in [-0.4, -0.2) is 9.97 Å². The van der Waals surface area contributed by atoms with Crippen molar-refractivity contribution in [1.82, 2.24) is 9.97 Å². The highest BCUT2D eigenvalue weighted by Gasteiger charge is 2.22. The van der Waals surface area contributed by atoms with Crippen LogP contribution in [0.3, 0.4) is 0 Å². The largest absolute Gasteiger partial charge is 0.259 e. The molecule has 2 heterocycles. The van der Waals surface area contributed by atoms with Gasteiger partial charge in [0.05, 0.1) is 10.6 Å². The molecule has 0 bridgehead atoms. The van der Waals surface area contributed by atoms with Crippen molar-refractivity contribution in [2.75, 3.05) is 0 Å². The van der Waals surface area contributed by atoms with Gasteiger partial charge in [-0.25, -0.2) is 18.2 Å². The molecule has 24 heavy (non-hydrogen) atoms. The van der Waals surface area contributed by atoms with Crippen LogP contribution in [0.1, 0.15) is 5.69 Å². The minimum atomic E-state index is -1.05. The number of nitrogens with zero attached hydrogens (tertiary/aromatic N) is 2. The van der Waals surface area contributed by atoms with Crippen LogP contribution in [0.5, 0.6) is 0 Å². The lowest BCUT2D eigenvalue weighted by atomic mass is 9.94. The first-order chi connectivity index (χ1) is 11.4. The molecule has 7 heteroatoms. The summed E-state index contributed by atoms with van der Waals surface area (Å²) in [5, 5.41) is 0.307. The van der Waals surface area contributed by atoms with Crippen molar-refractivity contribution in [2.24, 2.45) is 0 Å². The molecule has 0 aliphatic heterocycles. The van der Waals surface area contributed by atoms with Gasteiger partial charge in [-0.15, -0.1) is 0 Å². The van der Waals surface area contributed by atoms with E-state index >= 15 is 0 Å². The summed E-state index contributed by atoms with van der Waals surface area (Å²) in [6.45, 7) is 1.67. The van der Waals surface area contributed by atoms with Crippen molar-refractivity contribution in [1.29, 1.82) is 0 Å². The van der Waals surface area contributed by atoms with Gasteiger partial charge in [0.2, 0.25) is 0 Å². The monoisotopic (exact) mass is 368 g/mol. The van der Waals surface area contributed by atoms with E-state index < -0.39 is 23.0 Å². The SMILES string of the molecule is Cc1ncc(Cl)c(-c2c(F)cc(F)cc2F)c1-c1ccc(Cl)nc1. The van der Waals surface area contributed by atoms with E-state index in [2.05, 4.69) is 9.97 Å². The second kappa shape index (κ2) is 6.42. The van der Waals surface area contributed by atoms with Crippen LogP contribution in [0.2, 0.25) is 10.2 Å². The van der Waals surface area contributed by atoms with Crippen LogP contribution in [-0.2, 0) is 0 Å². The maximum absolute atomic E-state index is 14.3. The maximum Gasteiger partial charge on any atom is 0.136 e. The highest BCUT2D eigenvalue weighted by atomic mass is 35.5. The van der Waals surface area contributed by atoms with E-state index in [9.17, 15) is 13.2 Å². The normalized spacial score (nSPS) is 10.9. The predicted octanol–water partition coefficient (Wildman–Crippen LogP) is 5.84. The van der Waals surface area contributed by atoms with E-state index in [1.54, 1.807) is 19.1 Å². The molecule has 2 aromatic heterocycles. The minimum Gasteiger partial charge on any atom is -0.259 e. The van der Waals surface area contributed by atoms with Gasteiger partial charge in [0, 0.05) is 46.9 Å². The first-order valence-electron chi connectivity index (χ1n) is 6.80. The second-order valence-corrected chi connectivity index (χ2v) is 5.85. The fraction of sp³-hybridized carbons (Fsp3) is 0.0588. The molecule has 0 saturated heterocycles. The molecule has 122 valence electrons. The van der Waals surface area contributed by atoms with Crippen LogP contribution < -0.4 is 0 Å². The van der Waals surface area contributed by atoms with E-state index in [1.807, 2.05) is 0 Å². The zero-order valence-electron chi connectivity index (χ0n) is 12.2. The number of aromatic nitrogens is 2. The summed E-state index contributed by atoms with van der Waals surface area (Å²) in [5.74, 6) is -3.11. The molecule has 2 nitrogen and oxygen atoms in total. The molecular formula is C17H9Cl2F3N2. The minimum absolute atomic E-state index is 0.0370. The summed E-state index contributed by atoms with van der Waals surface area (Å²) < 4.78 is 41.8. The van der Waals surface area contributed by atoms with Crippen molar-refractivity contribution < 1.29 is 13.2 Å². The molecule has 3 rings (SSSR count). The molecule has 3 aromatic rings. The van der Waals surface area contributed by atoms with Gasteiger partial charge in [0.15, 0.2) is 0 Å². The van der Waals surface area contributed by atoms with Gasteiger partial charge in [-0.05, 0) is 19.1 Å². The molecule has 0 radical (unpaired) electrons. The average Bonchev–Trinajstić information content (AvgIpc) is 2.51. The summed E-state index contributed by atoms with van der Waals surface area (Å²) in [6.07, 6.45) is 2.74. The summed E-state index contributed by atoms with van der Waals surface area (Å²) in [4.78, 5) is 8.10. The zero-order valence-corrected chi connectivity index (χ0v) is 13.8. The Hall–Kier alpha value is -2.11. The standard InChI is InChI=1S/C17H9Cl2F3N2/c1-8-15(9-2-3-14(19)24-6-9)16(11(18)7-23-8)17-12(21)4-10(20)5-13(17)22/h2-7H,1H3. The zero-order chi connectivity index (χ0) is 17.4. The Bertz CT molecular complexity index is 905. The lowest BCUT2D eigenvalue weighted by Crippen LogP contribution is -1.99. The molecule has 0 amide bonds. The van der Waals surface area contributed by atoms with Gasteiger partial charge in [0.1, 0.15) is 22.6 Å². The number of aryl methyl sites for hydroxylation is 1. The molecule has 0 atom stereocenters. The van der Waals surface area contributed by atoms with Crippen LogP contribution in [0, 0.1) is 24.4 Å². The number of hydrogen-bond acceptors (Lipinski definition) is 2. The molecule has 0 aliphatic rings. The molecule has 1 aromatic carbocycles. The van der Waals surface area contributed by atoms with Gasteiger partial charge in [-0.1, -0.05) is 23.2 Å². The molecular weight excluding hydrogens is 360 g/mol. The van der Waals surface area contributed by atoms with Crippen molar-refractivity contribution in [3.63, 3.8) is 0 Å². The van der Waals surface area contributed by atoms with Crippen molar-refractivity contribution in [2.45, 2.75) is 6.92 Å². The first kappa shape index (κ1) is 16.7.